The number of hydrogen-bond donors (Lipinski definition) is 6. The van der Waals surface area contributed by atoms with Gasteiger partial charge >= 0.3 is 0 Å². The summed E-state index contributed by atoms with van der Waals surface area (Å²) in [6, 6.07) is -0.804. The van der Waals surface area contributed by atoms with Gasteiger partial charge in [0.15, 0.2) is 6.29 Å². The molecule has 1 heterocycles. The minimum Gasteiger partial charge on any atom is -0.394 e. The number of amides is 1. The number of hydrogen-bond acceptors (Lipinski definition) is 8. The minimum atomic E-state index is -1.57. The van der Waals surface area contributed by atoms with E-state index in [-0.39, 0.29) is 12.5 Å². The van der Waals surface area contributed by atoms with Gasteiger partial charge in [-0.1, -0.05) is 242 Å². The molecule has 0 aromatic heterocycles. The highest BCUT2D eigenvalue weighted by molar-refractivity contribution is 5.76. The Labute approximate surface area is 412 Å². The molecule has 1 aliphatic heterocycles. The lowest BCUT2D eigenvalue weighted by molar-refractivity contribution is -0.302. The molecule has 6 N–H and O–H groups in total. The summed E-state index contributed by atoms with van der Waals surface area (Å²) in [4.78, 5) is 13.0. The van der Waals surface area contributed by atoms with Crippen molar-refractivity contribution in [3.05, 3.63) is 48.6 Å². The number of carbonyl (C=O) groups excluding carboxylic acids is 1. The Balaban J connectivity index is 2.15. The fraction of sp³-hybridized carbons (Fsp3) is 0.845. The maximum absolute atomic E-state index is 13.0. The van der Waals surface area contributed by atoms with Gasteiger partial charge in [0, 0.05) is 6.42 Å². The molecule has 7 atom stereocenters. The van der Waals surface area contributed by atoms with Crippen LogP contribution in [0.1, 0.15) is 258 Å². The molecule has 1 fully saturated rings. The lowest BCUT2D eigenvalue weighted by Crippen LogP contribution is -2.60. The molecule has 67 heavy (non-hydrogen) atoms. The molecule has 1 amide bonds. The summed E-state index contributed by atoms with van der Waals surface area (Å²) in [6.45, 7) is 3.77. The molecule has 1 aliphatic rings. The highest BCUT2D eigenvalue weighted by atomic mass is 16.7. The van der Waals surface area contributed by atoms with E-state index < -0.39 is 49.5 Å². The van der Waals surface area contributed by atoms with Crippen LogP contribution in [0.4, 0.5) is 0 Å². The summed E-state index contributed by atoms with van der Waals surface area (Å²) in [5, 5.41) is 54.4. The van der Waals surface area contributed by atoms with Gasteiger partial charge in [0.2, 0.25) is 5.91 Å². The van der Waals surface area contributed by atoms with Crippen LogP contribution in [0.25, 0.3) is 0 Å². The van der Waals surface area contributed by atoms with Gasteiger partial charge in [-0.05, 0) is 57.8 Å². The van der Waals surface area contributed by atoms with Crippen molar-refractivity contribution in [2.24, 2.45) is 0 Å². The van der Waals surface area contributed by atoms with E-state index in [0.717, 1.165) is 51.4 Å². The van der Waals surface area contributed by atoms with Crippen LogP contribution >= 0.6 is 0 Å². The van der Waals surface area contributed by atoms with Gasteiger partial charge < -0.3 is 40.3 Å². The van der Waals surface area contributed by atoms with Crippen LogP contribution in [0.2, 0.25) is 0 Å². The molecule has 0 aliphatic carbocycles. The Morgan fingerprint density at radius 3 is 1.30 bits per heavy atom. The molecule has 9 heteroatoms. The fourth-order valence-corrected chi connectivity index (χ4v) is 8.87. The van der Waals surface area contributed by atoms with E-state index in [2.05, 4.69) is 55.6 Å². The van der Waals surface area contributed by atoms with Crippen molar-refractivity contribution < 1.29 is 39.8 Å². The third kappa shape index (κ3) is 37.6. The third-order valence-electron chi connectivity index (χ3n) is 13.4. The van der Waals surface area contributed by atoms with Gasteiger partial charge in [-0.3, -0.25) is 4.79 Å². The van der Waals surface area contributed by atoms with Gasteiger partial charge in [-0.15, -0.1) is 0 Å². The second-order valence-corrected chi connectivity index (χ2v) is 19.7. The molecule has 7 unspecified atom stereocenters. The SMILES string of the molecule is CCCCCCC/C=C\C/C=C\C/C=C\CCCCCCCCCCCCCCCCCCC(=O)NC(COC1OC(CO)C(O)C(O)C1O)C(O)/C=C/CCCCCCCCCCCCC. The van der Waals surface area contributed by atoms with E-state index >= 15 is 0 Å². The number of unbranched alkanes of at least 4 members (excludes halogenated alkanes) is 32. The van der Waals surface area contributed by atoms with Crippen LogP contribution in [-0.4, -0.2) is 87.5 Å². The van der Waals surface area contributed by atoms with Gasteiger partial charge in [0.25, 0.3) is 0 Å². The molecule has 0 spiro atoms. The molecule has 1 saturated heterocycles. The highest BCUT2D eigenvalue weighted by Crippen LogP contribution is 2.23. The van der Waals surface area contributed by atoms with E-state index in [9.17, 15) is 30.3 Å². The first-order chi connectivity index (χ1) is 32.8. The van der Waals surface area contributed by atoms with E-state index in [0.29, 0.717) is 6.42 Å². The molecular weight excluding hydrogens is 839 g/mol. The lowest BCUT2D eigenvalue weighted by atomic mass is 9.99. The quantitative estimate of drug-likeness (QED) is 0.0261. The van der Waals surface area contributed by atoms with Gasteiger partial charge in [0.05, 0.1) is 25.4 Å². The summed E-state index contributed by atoms with van der Waals surface area (Å²) in [6.07, 6.45) is 56.1. The molecular formula is C58H107NO8. The number of rotatable bonds is 48. The molecule has 1 rings (SSSR count). The number of carbonyl (C=O) groups is 1. The molecule has 0 aromatic carbocycles. The van der Waals surface area contributed by atoms with Gasteiger partial charge in [-0.2, -0.15) is 0 Å². The van der Waals surface area contributed by atoms with Crippen LogP contribution in [0.5, 0.6) is 0 Å². The molecule has 0 bridgehead atoms. The van der Waals surface area contributed by atoms with Crippen molar-refractivity contribution >= 4 is 5.91 Å². The van der Waals surface area contributed by atoms with E-state index in [1.165, 1.54) is 186 Å². The van der Waals surface area contributed by atoms with Gasteiger partial charge in [-0.25, -0.2) is 0 Å². The first-order valence-electron chi connectivity index (χ1n) is 28.4. The van der Waals surface area contributed by atoms with E-state index in [4.69, 9.17) is 9.47 Å². The van der Waals surface area contributed by atoms with Crippen LogP contribution in [0, 0.1) is 0 Å². The van der Waals surface area contributed by atoms with Gasteiger partial charge in [0.1, 0.15) is 24.4 Å². The largest absolute Gasteiger partial charge is 0.394 e. The minimum absolute atomic E-state index is 0.176. The molecule has 0 radical (unpaired) electrons. The number of allylic oxidation sites excluding steroid dienone is 7. The van der Waals surface area contributed by atoms with Crippen molar-refractivity contribution in [1.29, 1.82) is 0 Å². The van der Waals surface area contributed by atoms with Crippen LogP contribution in [0.15, 0.2) is 48.6 Å². The number of aliphatic hydroxyl groups excluding tert-OH is 5. The van der Waals surface area contributed by atoms with Crippen molar-refractivity contribution in [2.75, 3.05) is 13.2 Å². The zero-order valence-corrected chi connectivity index (χ0v) is 43.4. The van der Waals surface area contributed by atoms with Crippen molar-refractivity contribution in [3.8, 4) is 0 Å². The summed E-state index contributed by atoms with van der Waals surface area (Å²) in [5.41, 5.74) is 0. The summed E-state index contributed by atoms with van der Waals surface area (Å²) in [5.74, 6) is -0.176. The van der Waals surface area contributed by atoms with E-state index in [1.54, 1.807) is 6.08 Å². The molecule has 392 valence electrons. The zero-order chi connectivity index (χ0) is 48.7. The van der Waals surface area contributed by atoms with Crippen molar-refractivity contribution in [3.63, 3.8) is 0 Å². The van der Waals surface area contributed by atoms with Crippen LogP contribution in [0.3, 0.4) is 0 Å². The fourth-order valence-electron chi connectivity index (χ4n) is 8.87. The topological polar surface area (TPSA) is 149 Å². The smallest absolute Gasteiger partial charge is 0.220 e. The lowest BCUT2D eigenvalue weighted by Gasteiger charge is -2.40. The summed E-state index contributed by atoms with van der Waals surface area (Å²) >= 11 is 0. The zero-order valence-electron chi connectivity index (χ0n) is 43.4. The predicted molar refractivity (Wildman–Crippen MR) is 281 cm³/mol. The number of nitrogens with one attached hydrogen (secondary N) is 1. The highest BCUT2D eigenvalue weighted by Gasteiger charge is 2.44. The number of aliphatic hydroxyl groups is 5. The van der Waals surface area contributed by atoms with Crippen molar-refractivity contribution in [1.82, 2.24) is 5.32 Å². The van der Waals surface area contributed by atoms with E-state index in [1.807, 2.05) is 6.08 Å². The Bertz CT molecular complexity index is 1190. The normalized spacial score (nSPS) is 20.0. The summed E-state index contributed by atoms with van der Waals surface area (Å²) < 4.78 is 11.2. The third-order valence-corrected chi connectivity index (χ3v) is 13.4. The van der Waals surface area contributed by atoms with Crippen LogP contribution in [-0.2, 0) is 14.3 Å². The Morgan fingerprint density at radius 1 is 0.507 bits per heavy atom. The maximum atomic E-state index is 13.0. The van der Waals surface area contributed by atoms with Crippen molar-refractivity contribution in [2.45, 2.75) is 301 Å². The maximum Gasteiger partial charge on any atom is 0.220 e. The summed E-state index contributed by atoms with van der Waals surface area (Å²) in [7, 11) is 0. The Morgan fingerprint density at radius 2 is 0.881 bits per heavy atom. The average molecular weight is 946 g/mol. The first-order valence-corrected chi connectivity index (χ1v) is 28.4. The second kappa shape index (κ2) is 47.8. The number of ether oxygens (including phenoxy) is 2. The second-order valence-electron chi connectivity index (χ2n) is 19.7. The monoisotopic (exact) mass is 946 g/mol. The molecule has 0 saturated carbocycles. The molecule has 0 aromatic rings. The standard InChI is InChI=1S/C58H107NO8/c1-3-5-7-9-11-13-15-17-18-19-20-21-22-23-24-25-26-27-28-29-30-31-32-33-34-36-38-40-42-44-46-48-54(62)59-51(50-66-58-57(65)56(64)55(63)53(49-60)67-58)52(61)47-45-43-41-39-37-35-16-14-12-10-8-6-4-2/h15,17,19-20,22-23,45,47,51-53,55-58,60-61,63-65H,3-14,16,18,21,24-44,46,48-50H2,1-2H3,(H,59,62)/b17-15-,20-19-,23-22-,47-45+. The molecule has 9 nitrogen and oxygen atoms in total. The Hall–Kier alpha value is -1.85. The first kappa shape index (κ1) is 63.2. The predicted octanol–water partition coefficient (Wildman–Crippen LogP) is 13.7. The average Bonchev–Trinajstić information content (AvgIpc) is 3.33. The van der Waals surface area contributed by atoms with Crippen LogP contribution < -0.4 is 5.32 Å². The Kier molecular flexibility index (Phi) is 45.1.